The normalized spacial score (nSPS) is 12.3. The SMILES string of the molecule is CCNCCCOCCCCOCCCNC(=O)CCC(=O)N[C@@H](CCC(=O)NCCCC[C@H](NN)C(=O)O)C(=O)O. The highest BCUT2D eigenvalue weighted by Crippen LogP contribution is 2.03. The van der Waals surface area contributed by atoms with Crippen LogP contribution in [-0.4, -0.2) is 105 Å². The molecule has 0 heterocycles. The molecule has 0 spiro atoms. The lowest BCUT2D eigenvalue weighted by molar-refractivity contribution is -0.142. The fourth-order valence-corrected chi connectivity index (χ4v) is 3.67. The molecule has 0 aliphatic rings. The average molecular weight is 605 g/mol. The van der Waals surface area contributed by atoms with Crippen molar-refractivity contribution in [1.82, 2.24) is 26.7 Å². The van der Waals surface area contributed by atoms with Crippen LogP contribution in [0.1, 0.15) is 77.6 Å². The maximum Gasteiger partial charge on any atom is 0.326 e. The minimum atomic E-state index is -1.28. The number of carboxylic acids is 2. The number of nitrogens with one attached hydrogen (secondary N) is 5. The fourth-order valence-electron chi connectivity index (χ4n) is 3.67. The van der Waals surface area contributed by atoms with E-state index in [-0.39, 0.29) is 37.5 Å². The highest BCUT2D eigenvalue weighted by molar-refractivity contribution is 5.87. The van der Waals surface area contributed by atoms with Gasteiger partial charge in [-0.3, -0.25) is 25.0 Å². The zero-order valence-electron chi connectivity index (χ0n) is 24.9. The maximum absolute atomic E-state index is 12.1. The number of aliphatic carboxylic acids is 2. The zero-order valence-corrected chi connectivity index (χ0v) is 24.9. The molecule has 15 heteroatoms. The van der Waals surface area contributed by atoms with Crippen LogP contribution in [0.3, 0.4) is 0 Å². The number of carboxylic acid groups (broad SMARTS) is 2. The largest absolute Gasteiger partial charge is 0.480 e. The molecule has 0 aliphatic carbocycles. The Balaban J connectivity index is 3.85. The molecule has 0 aromatic carbocycles. The summed E-state index contributed by atoms with van der Waals surface area (Å²) in [6, 6.07) is -2.12. The molecule has 0 fully saturated rings. The first-order chi connectivity index (χ1) is 20.2. The van der Waals surface area contributed by atoms with Gasteiger partial charge in [0.15, 0.2) is 0 Å². The number of carbonyl (C=O) groups is 5. The van der Waals surface area contributed by atoms with Crippen LogP contribution in [0, 0.1) is 0 Å². The minimum Gasteiger partial charge on any atom is -0.480 e. The van der Waals surface area contributed by atoms with Crippen LogP contribution in [0.25, 0.3) is 0 Å². The van der Waals surface area contributed by atoms with E-state index in [1.807, 2.05) is 0 Å². The fraction of sp³-hybridized carbons (Fsp3) is 0.815. The van der Waals surface area contributed by atoms with Crippen LogP contribution in [0.15, 0.2) is 0 Å². The number of hydrazine groups is 1. The van der Waals surface area contributed by atoms with E-state index >= 15 is 0 Å². The summed E-state index contributed by atoms with van der Waals surface area (Å²) in [4.78, 5) is 58.5. The van der Waals surface area contributed by atoms with Gasteiger partial charge in [-0.15, -0.1) is 0 Å². The average Bonchev–Trinajstić information content (AvgIpc) is 2.95. The van der Waals surface area contributed by atoms with Crippen molar-refractivity contribution in [3.63, 3.8) is 0 Å². The Morgan fingerprint density at radius 3 is 1.74 bits per heavy atom. The lowest BCUT2D eigenvalue weighted by Gasteiger charge is -2.14. The van der Waals surface area contributed by atoms with Gasteiger partial charge in [0.25, 0.3) is 0 Å². The van der Waals surface area contributed by atoms with Crippen molar-refractivity contribution >= 4 is 29.7 Å². The van der Waals surface area contributed by atoms with Crippen LogP contribution in [0.4, 0.5) is 0 Å². The van der Waals surface area contributed by atoms with E-state index in [1.165, 1.54) is 0 Å². The molecule has 2 atom stereocenters. The molecule has 0 aromatic heterocycles. The quantitative estimate of drug-likeness (QED) is 0.0311. The van der Waals surface area contributed by atoms with Gasteiger partial charge in [0.05, 0.1) is 0 Å². The molecule has 0 saturated carbocycles. The Labute approximate surface area is 248 Å². The summed E-state index contributed by atoms with van der Waals surface area (Å²) < 4.78 is 11.1. The summed E-state index contributed by atoms with van der Waals surface area (Å²) in [5.74, 6) is 1.52. The van der Waals surface area contributed by atoms with Gasteiger partial charge in [-0.2, -0.15) is 0 Å². The Bertz CT molecular complexity index is 772. The third kappa shape index (κ3) is 23.8. The molecule has 0 aliphatic heterocycles. The van der Waals surface area contributed by atoms with E-state index in [0.717, 1.165) is 45.6 Å². The van der Waals surface area contributed by atoms with Crippen molar-refractivity contribution in [2.45, 2.75) is 89.6 Å². The van der Waals surface area contributed by atoms with E-state index in [4.69, 9.17) is 20.4 Å². The summed E-state index contributed by atoms with van der Waals surface area (Å²) in [6.45, 7) is 7.33. The van der Waals surface area contributed by atoms with E-state index in [0.29, 0.717) is 52.0 Å². The lowest BCUT2D eigenvalue weighted by atomic mass is 10.1. The molecule has 42 heavy (non-hydrogen) atoms. The van der Waals surface area contributed by atoms with Crippen molar-refractivity contribution in [2.75, 3.05) is 52.6 Å². The van der Waals surface area contributed by atoms with Crippen LogP contribution < -0.4 is 32.5 Å². The van der Waals surface area contributed by atoms with E-state index < -0.39 is 29.9 Å². The van der Waals surface area contributed by atoms with Gasteiger partial charge >= 0.3 is 11.9 Å². The van der Waals surface area contributed by atoms with Gasteiger partial charge in [-0.05, 0) is 64.5 Å². The van der Waals surface area contributed by atoms with Gasteiger partial charge in [0.1, 0.15) is 12.1 Å². The molecule has 0 bridgehead atoms. The highest BCUT2D eigenvalue weighted by atomic mass is 16.5. The number of unbranched alkanes of at least 4 members (excludes halogenated alkanes) is 2. The molecular formula is C27H52N6O9. The van der Waals surface area contributed by atoms with Crippen molar-refractivity contribution in [1.29, 1.82) is 0 Å². The number of ether oxygens (including phenoxy) is 2. The number of carbonyl (C=O) groups excluding carboxylic acids is 3. The first kappa shape index (κ1) is 39.1. The number of amides is 3. The van der Waals surface area contributed by atoms with Gasteiger partial charge in [-0.25, -0.2) is 10.2 Å². The van der Waals surface area contributed by atoms with Gasteiger partial charge in [0, 0.05) is 58.8 Å². The molecule has 15 nitrogen and oxygen atoms in total. The second-order valence-electron chi connectivity index (χ2n) is 9.74. The predicted molar refractivity (Wildman–Crippen MR) is 155 cm³/mol. The molecule has 3 amide bonds. The molecule has 0 saturated heterocycles. The number of hydrogen-bond donors (Lipinski definition) is 8. The summed E-state index contributed by atoms with van der Waals surface area (Å²) in [6.07, 6.45) is 4.33. The van der Waals surface area contributed by atoms with E-state index in [1.54, 1.807) is 0 Å². The number of nitrogens with two attached hydrogens (primary N) is 1. The van der Waals surface area contributed by atoms with Crippen molar-refractivity contribution in [2.24, 2.45) is 5.84 Å². The summed E-state index contributed by atoms with van der Waals surface area (Å²) in [7, 11) is 0. The molecule has 0 unspecified atom stereocenters. The van der Waals surface area contributed by atoms with Crippen LogP contribution in [-0.2, 0) is 33.4 Å². The van der Waals surface area contributed by atoms with Crippen molar-refractivity contribution in [3.8, 4) is 0 Å². The zero-order chi connectivity index (χ0) is 31.4. The first-order valence-corrected chi connectivity index (χ1v) is 14.8. The van der Waals surface area contributed by atoms with Crippen molar-refractivity contribution in [3.05, 3.63) is 0 Å². The standard InChI is InChI=1S/C27H52N6O9/c1-2-29-14-7-19-41-17-5-6-18-42-20-8-16-31-24(35)12-13-25(36)32-21(26(37)38)10-11-23(34)30-15-4-3-9-22(33-28)27(39)40/h21-22,29,33H,2-20,28H2,1H3,(H,30,34)(H,31,35)(H,32,36)(H,37,38)(H,39,40)/t21-,22-/m0/s1. The molecule has 0 radical (unpaired) electrons. The topological polar surface area (TPSA) is 230 Å². The highest BCUT2D eigenvalue weighted by Gasteiger charge is 2.21. The van der Waals surface area contributed by atoms with Crippen molar-refractivity contribution < 1.29 is 43.7 Å². The predicted octanol–water partition coefficient (Wildman–Crippen LogP) is -0.361. The van der Waals surface area contributed by atoms with Crippen LogP contribution in [0.2, 0.25) is 0 Å². The molecule has 9 N–H and O–H groups in total. The molecule has 0 rings (SSSR count). The molecule has 244 valence electrons. The van der Waals surface area contributed by atoms with E-state index in [9.17, 15) is 29.1 Å². The Morgan fingerprint density at radius 1 is 0.643 bits per heavy atom. The number of hydrogen-bond acceptors (Lipinski definition) is 10. The third-order valence-electron chi connectivity index (χ3n) is 6.12. The lowest BCUT2D eigenvalue weighted by Crippen LogP contribution is -2.42. The smallest absolute Gasteiger partial charge is 0.326 e. The van der Waals surface area contributed by atoms with Crippen LogP contribution in [0.5, 0.6) is 0 Å². The Hall–Kier alpha value is -2.85. The molecular weight excluding hydrogens is 552 g/mol. The Morgan fingerprint density at radius 2 is 1.17 bits per heavy atom. The molecule has 0 aromatic rings. The summed E-state index contributed by atoms with van der Waals surface area (Å²) in [5.41, 5.74) is 2.20. The first-order valence-electron chi connectivity index (χ1n) is 14.8. The third-order valence-corrected chi connectivity index (χ3v) is 6.12. The maximum atomic E-state index is 12.1. The van der Waals surface area contributed by atoms with Gasteiger partial charge in [0.2, 0.25) is 17.7 Å². The minimum absolute atomic E-state index is 0.0869. The summed E-state index contributed by atoms with van der Waals surface area (Å²) in [5, 5.41) is 29.2. The monoisotopic (exact) mass is 604 g/mol. The summed E-state index contributed by atoms with van der Waals surface area (Å²) >= 11 is 0. The van der Waals surface area contributed by atoms with E-state index in [2.05, 4.69) is 33.6 Å². The second-order valence-corrected chi connectivity index (χ2v) is 9.74. The van der Waals surface area contributed by atoms with Crippen LogP contribution >= 0.6 is 0 Å². The van der Waals surface area contributed by atoms with Gasteiger partial charge in [-0.1, -0.05) is 6.92 Å². The second kappa shape index (κ2) is 27.0. The van der Waals surface area contributed by atoms with Gasteiger partial charge < -0.3 is 41.0 Å². The Kier molecular flexibility index (Phi) is 25.2. The number of rotatable bonds is 29.